The van der Waals surface area contributed by atoms with Gasteiger partial charge in [-0.15, -0.1) is 0 Å². The molecule has 5 heteroatoms. The highest BCUT2D eigenvalue weighted by Crippen LogP contribution is 2.53. The maximum atomic E-state index is 6.17. The Morgan fingerprint density at radius 1 is 0.412 bits per heavy atom. The van der Waals surface area contributed by atoms with Crippen LogP contribution < -0.4 is 0 Å². The molecule has 0 spiro atoms. The van der Waals surface area contributed by atoms with Crippen molar-refractivity contribution in [1.29, 1.82) is 0 Å². The zero-order valence-electron chi connectivity index (χ0n) is 28.9. The van der Waals surface area contributed by atoms with Crippen molar-refractivity contribution >= 4 is 11.1 Å². The minimum absolute atomic E-state index is 0.236. The molecule has 8 aromatic rings. The standard InChI is InChI=1S/C46H34N4O/c1-45(2)35-22-10-8-16-29(35)31-18-12-20-33(39(31)45)42-48-41(28-24-25-38-37(26-28)47-44(51-38)27-14-6-5-7-15-27)49-43(50-42)34-21-13-19-32-30-17-9-11-23-36(30)46(3,4)40(32)34/h5-26H,1-4H3. The van der Waals surface area contributed by atoms with E-state index < -0.39 is 0 Å². The smallest absolute Gasteiger partial charge is 0.227 e. The Bertz CT molecular complexity index is 2580. The van der Waals surface area contributed by atoms with E-state index >= 15 is 0 Å². The first-order valence-corrected chi connectivity index (χ1v) is 17.5. The lowest BCUT2D eigenvalue weighted by atomic mass is 9.79. The SMILES string of the molecule is CC1(C)c2ccccc2-c2cccc(-c3nc(-c4ccc5oc(-c6ccccc6)nc5c4)nc(-c4cccc5c4C(C)(C)c4ccccc4-5)n3)c21. The Balaban J connectivity index is 1.21. The molecule has 2 aromatic heterocycles. The second-order valence-electron chi connectivity index (χ2n) is 14.7. The molecule has 0 N–H and O–H groups in total. The topological polar surface area (TPSA) is 64.7 Å². The highest BCUT2D eigenvalue weighted by atomic mass is 16.3. The van der Waals surface area contributed by atoms with Crippen LogP contribution in [0.1, 0.15) is 49.9 Å². The highest BCUT2D eigenvalue weighted by Gasteiger charge is 2.40. The summed E-state index contributed by atoms with van der Waals surface area (Å²) >= 11 is 0. The highest BCUT2D eigenvalue weighted by molar-refractivity contribution is 5.90. The molecule has 0 bridgehead atoms. The summed E-state index contributed by atoms with van der Waals surface area (Å²) in [6, 6.07) is 46.5. The lowest BCUT2D eigenvalue weighted by Gasteiger charge is -2.25. The van der Waals surface area contributed by atoms with E-state index in [1.807, 2.05) is 48.5 Å². The summed E-state index contributed by atoms with van der Waals surface area (Å²) in [5.74, 6) is 2.49. The van der Waals surface area contributed by atoms with E-state index in [0.717, 1.165) is 27.8 Å². The molecule has 0 amide bonds. The van der Waals surface area contributed by atoms with Gasteiger partial charge in [-0.1, -0.05) is 131 Å². The minimum atomic E-state index is -0.236. The lowest BCUT2D eigenvalue weighted by Crippen LogP contribution is -2.18. The Morgan fingerprint density at radius 2 is 0.902 bits per heavy atom. The first-order chi connectivity index (χ1) is 24.8. The second kappa shape index (κ2) is 10.6. The molecule has 0 aliphatic heterocycles. The first kappa shape index (κ1) is 29.7. The van der Waals surface area contributed by atoms with Gasteiger partial charge in [-0.25, -0.2) is 19.9 Å². The van der Waals surface area contributed by atoms with Crippen molar-refractivity contribution in [2.75, 3.05) is 0 Å². The summed E-state index contributed by atoms with van der Waals surface area (Å²) < 4.78 is 6.17. The zero-order chi connectivity index (χ0) is 34.5. The summed E-state index contributed by atoms with van der Waals surface area (Å²) in [5.41, 5.74) is 14.9. The van der Waals surface area contributed by atoms with Gasteiger partial charge in [0.1, 0.15) is 5.52 Å². The van der Waals surface area contributed by atoms with E-state index in [0.29, 0.717) is 28.9 Å². The van der Waals surface area contributed by atoms with Crippen LogP contribution in [-0.4, -0.2) is 19.9 Å². The van der Waals surface area contributed by atoms with Crippen LogP contribution in [0.25, 0.3) is 79.0 Å². The third-order valence-electron chi connectivity index (χ3n) is 10.9. The van der Waals surface area contributed by atoms with E-state index in [-0.39, 0.29) is 10.8 Å². The van der Waals surface area contributed by atoms with Crippen molar-refractivity contribution in [3.63, 3.8) is 0 Å². The number of nitrogens with zero attached hydrogens (tertiary/aromatic N) is 4. The van der Waals surface area contributed by atoms with Gasteiger partial charge in [0.15, 0.2) is 23.1 Å². The molecule has 0 saturated carbocycles. The van der Waals surface area contributed by atoms with Gasteiger partial charge < -0.3 is 4.42 Å². The predicted molar refractivity (Wildman–Crippen MR) is 204 cm³/mol. The molecule has 0 radical (unpaired) electrons. The molecule has 5 nitrogen and oxygen atoms in total. The van der Waals surface area contributed by atoms with Gasteiger partial charge in [0.2, 0.25) is 5.89 Å². The normalized spacial score (nSPS) is 14.6. The Labute approximate surface area is 296 Å². The maximum Gasteiger partial charge on any atom is 0.227 e. The van der Waals surface area contributed by atoms with Crippen LogP contribution in [0.15, 0.2) is 138 Å². The minimum Gasteiger partial charge on any atom is -0.436 e. The van der Waals surface area contributed by atoms with Crippen molar-refractivity contribution in [2.45, 2.75) is 38.5 Å². The number of hydrogen-bond donors (Lipinski definition) is 0. The van der Waals surface area contributed by atoms with Crippen LogP contribution in [0.5, 0.6) is 0 Å². The maximum absolute atomic E-state index is 6.17. The number of hydrogen-bond acceptors (Lipinski definition) is 5. The van der Waals surface area contributed by atoms with Gasteiger partial charge >= 0.3 is 0 Å². The van der Waals surface area contributed by atoms with E-state index in [1.54, 1.807) is 0 Å². The Kier molecular flexibility index (Phi) is 6.20. The molecular weight excluding hydrogens is 625 g/mol. The fourth-order valence-electron chi connectivity index (χ4n) is 8.58. The molecule has 6 aromatic carbocycles. The van der Waals surface area contributed by atoms with Gasteiger partial charge in [-0.3, -0.25) is 0 Å². The largest absolute Gasteiger partial charge is 0.436 e. The average Bonchev–Trinajstić information content (AvgIpc) is 3.78. The summed E-state index contributed by atoms with van der Waals surface area (Å²) in [5, 5.41) is 0. The molecule has 0 saturated heterocycles. The van der Waals surface area contributed by atoms with E-state index in [4.69, 9.17) is 24.4 Å². The van der Waals surface area contributed by atoms with E-state index in [2.05, 4.69) is 113 Å². The summed E-state index contributed by atoms with van der Waals surface area (Å²) in [6.07, 6.45) is 0. The molecule has 51 heavy (non-hydrogen) atoms. The van der Waals surface area contributed by atoms with Crippen molar-refractivity contribution in [1.82, 2.24) is 19.9 Å². The van der Waals surface area contributed by atoms with Gasteiger partial charge in [0.05, 0.1) is 0 Å². The zero-order valence-corrected chi connectivity index (χ0v) is 28.9. The predicted octanol–water partition coefficient (Wildman–Crippen LogP) is 11.3. The van der Waals surface area contributed by atoms with Gasteiger partial charge in [0, 0.05) is 33.1 Å². The van der Waals surface area contributed by atoms with Crippen LogP contribution in [-0.2, 0) is 10.8 Å². The number of rotatable bonds is 4. The summed E-state index contributed by atoms with van der Waals surface area (Å²) in [7, 11) is 0. The molecule has 0 fully saturated rings. The first-order valence-electron chi connectivity index (χ1n) is 17.5. The monoisotopic (exact) mass is 658 g/mol. The van der Waals surface area contributed by atoms with E-state index in [9.17, 15) is 0 Å². The molecular formula is C46H34N4O. The van der Waals surface area contributed by atoms with Crippen LogP contribution in [0, 0.1) is 0 Å². The van der Waals surface area contributed by atoms with Crippen LogP contribution >= 0.6 is 0 Å². The fraction of sp³-hybridized carbons (Fsp3) is 0.130. The van der Waals surface area contributed by atoms with Crippen molar-refractivity contribution in [3.8, 4) is 67.9 Å². The van der Waals surface area contributed by atoms with Gasteiger partial charge in [-0.05, 0) is 74.8 Å². The molecule has 10 rings (SSSR count). The molecule has 2 aliphatic carbocycles. The molecule has 2 heterocycles. The van der Waals surface area contributed by atoms with Crippen LogP contribution in [0.4, 0.5) is 0 Å². The number of benzene rings is 6. The molecule has 0 unspecified atom stereocenters. The van der Waals surface area contributed by atoms with Crippen molar-refractivity contribution in [2.24, 2.45) is 0 Å². The van der Waals surface area contributed by atoms with E-state index in [1.165, 1.54) is 44.5 Å². The summed E-state index contributed by atoms with van der Waals surface area (Å²) in [6.45, 7) is 9.21. The van der Waals surface area contributed by atoms with Gasteiger partial charge in [-0.2, -0.15) is 0 Å². The summed E-state index contributed by atoms with van der Waals surface area (Å²) in [4.78, 5) is 20.8. The molecule has 244 valence electrons. The fourth-order valence-corrected chi connectivity index (χ4v) is 8.58. The number of fused-ring (bicyclic) bond motifs is 7. The van der Waals surface area contributed by atoms with Crippen LogP contribution in [0.2, 0.25) is 0 Å². The second-order valence-corrected chi connectivity index (χ2v) is 14.7. The van der Waals surface area contributed by atoms with Crippen LogP contribution in [0.3, 0.4) is 0 Å². The molecule has 0 atom stereocenters. The van der Waals surface area contributed by atoms with Crippen molar-refractivity contribution < 1.29 is 4.42 Å². The average molecular weight is 659 g/mol. The quantitative estimate of drug-likeness (QED) is 0.188. The van der Waals surface area contributed by atoms with Crippen molar-refractivity contribution in [3.05, 3.63) is 156 Å². The molecule has 2 aliphatic rings. The lowest BCUT2D eigenvalue weighted by molar-refractivity contribution is 0.620. The third-order valence-corrected chi connectivity index (χ3v) is 10.9. The number of aromatic nitrogens is 4. The van der Waals surface area contributed by atoms with Gasteiger partial charge in [0.25, 0.3) is 0 Å². The Morgan fingerprint density at radius 3 is 1.49 bits per heavy atom. The third kappa shape index (κ3) is 4.34. The Hall–Kier alpha value is -6.20. The number of oxazole rings is 1.